The molecule has 1 aromatic carbocycles. The highest BCUT2D eigenvalue weighted by Gasteiger charge is 2.42. The molecule has 0 aliphatic heterocycles. The van der Waals surface area contributed by atoms with Gasteiger partial charge in [0.1, 0.15) is 17.5 Å². The van der Waals surface area contributed by atoms with Gasteiger partial charge in [-0.25, -0.2) is 8.42 Å². The van der Waals surface area contributed by atoms with Gasteiger partial charge in [-0.3, -0.25) is 0 Å². The highest BCUT2D eigenvalue weighted by molar-refractivity contribution is 7.95. The zero-order valence-corrected chi connectivity index (χ0v) is 20.9. The van der Waals surface area contributed by atoms with Gasteiger partial charge in [0, 0.05) is 19.3 Å². The molecule has 1 N–H and O–H groups in total. The molecule has 0 saturated heterocycles. The number of allylic oxidation sites excluding steroid dienone is 1. The van der Waals surface area contributed by atoms with Crippen LogP contribution in [0.15, 0.2) is 70.2 Å². The first-order chi connectivity index (χ1) is 14.3. The molecule has 0 fully saturated rings. The van der Waals surface area contributed by atoms with Crippen molar-refractivity contribution in [2.45, 2.75) is 74.8 Å². The Labute approximate surface area is 187 Å². The van der Waals surface area contributed by atoms with Crippen LogP contribution >= 0.6 is 0 Å². The minimum absolute atomic E-state index is 0.0136. The Balaban J connectivity index is 1.91. The number of aliphatic hydroxyl groups is 1. The summed E-state index contributed by atoms with van der Waals surface area (Å²) in [5, 5.41) is 11.3. The predicted octanol–water partition coefficient (Wildman–Crippen LogP) is 5.12. The van der Waals surface area contributed by atoms with Crippen LogP contribution in [0.5, 0.6) is 0 Å². The van der Waals surface area contributed by atoms with Crippen LogP contribution in [0.3, 0.4) is 0 Å². The van der Waals surface area contributed by atoms with Crippen molar-refractivity contribution in [1.82, 2.24) is 0 Å². The van der Waals surface area contributed by atoms with E-state index < -0.39 is 23.8 Å². The molecule has 0 spiro atoms. The maximum atomic E-state index is 13.5. The van der Waals surface area contributed by atoms with E-state index in [4.69, 9.17) is 9.16 Å². The molecule has 2 aliphatic rings. The van der Waals surface area contributed by atoms with Crippen molar-refractivity contribution in [1.29, 1.82) is 0 Å². The monoisotopic (exact) mass is 462 g/mol. The van der Waals surface area contributed by atoms with Crippen LogP contribution in [-0.4, -0.2) is 40.2 Å². The third kappa shape index (κ3) is 5.39. The molecule has 2 aliphatic carbocycles. The second-order valence-corrected chi connectivity index (χ2v) is 16.7. The molecular weight excluding hydrogens is 428 g/mol. The molecule has 0 heterocycles. The fourth-order valence-electron chi connectivity index (χ4n) is 3.31. The van der Waals surface area contributed by atoms with Crippen LogP contribution < -0.4 is 0 Å². The summed E-state index contributed by atoms with van der Waals surface area (Å²) in [6, 6.07) is 8.31. The van der Waals surface area contributed by atoms with Gasteiger partial charge in [0.05, 0.1) is 16.4 Å². The third-order valence-electron chi connectivity index (χ3n) is 6.41. The van der Waals surface area contributed by atoms with Crippen molar-refractivity contribution in [2.75, 3.05) is 6.61 Å². The molecule has 5 nitrogen and oxygen atoms in total. The molecule has 0 radical (unpaired) electrons. The molecule has 1 aromatic rings. The van der Waals surface area contributed by atoms with E-state index in [1.807, 2.05) is 12.2 Å². The highest BCUT2D eigenvalue weighted by atomic mass is 32.2. The van der Waals surface area contributed by atoms with Gasteiger partial charge in [-0.1, -0.05) is 51.1 Å². The number of benzene rings is 1. The van der Waals surface area contributed by atoms with E-state index in [0.717, 1.165) is 12.8 Å². The van der Waals surface area contributed by atoms with E-state index in [0.29, 0.717) is 5.76 Å². The number of sulfone groups is 1. The van der Waals surface area contributed by atoms with E-state index in [1.54, 1.807) is 42.5 Å². The number of hydrogen-bond acceptors (Lipinski definition) is 5. The van der Waals surface area contributed by atoms with Gasteiger partial charge in [-0.2, -0.15) is 0 Å². The van der Waals surface area contributed by atoms with Crippen molar-refractivity contribution < 1.29 is 22.7 Å². The van der Waals surface area contributed by atoms with Crippen molar-refractivity contribution in [3.05, 3.63) is 65.3 Å². The highest BCUT2D eigenvalue weighted by Crippen LogP contribution is 2.40. The fraction of sp³-hybridized carbons (Fsp3) is 0.500. The first-order valence-corrected chi connectivity index (χ1v) is 15.1. The summed E-state index contributed by atoms with van der Waals surface area (Å²) in [4.78, 5) is 0.299. The second kappa shape index (κ2) is 8.69. The van der Waals surface area contributed by atoms with E-state index in [2.05, 4.69) is 33.9 Å². The van der Waals surface area contributed by atoms with Gasteiger partial charge in [-0.05, 0) is 42.4 Å². The molecule has 7 heteroatoms. The van der Waals surface area contributed by atoms with Crippen LogP contribution in [0.4, 0.5) is 0 Å². The van der Waals surface area contributed by atoms with Gasteiger partial charge >= 0.3 is 0 Å². The van der Waals surface area contributed by atoms with E-state index in [9.17, 15) is 13.5 Å². The predicted molar refractivity (Wildman–Crippen MR) is 126 cm³/mol. The Morgan fingerprint density at radius 2 is 1.74 bits per heavy atom. The molecule has 0 saturated carbocycles. The average molecular weight is 463 g/mol. The number of rotatable bonds is 7. The molecule has 31 heavy (non-hydrogen) atoms. The summed E-state index contributed by atoms with van der Waals surface area (Å²) in [5.74, 6) is 0.314. The Kier molecular flexibility index (Phi) is 6.72. The summed E-state index contributed by atoms with van der Waals surface area (Å²) in [7, 11) is -5.94. The lowest BCUT2D eigenvalue weighted by Crippen LogP contribution is -2.46. The van der Waals surface area contributed by atoms with Gasteiger partial charge in [0.2, 0.25) is 9.84 Å². The number of ether oxygens (including phenoxy) is 1. The van der Waals surface area contributed by atoms with Crippen molar-refractivity contribution in [3.8, 4) is 0 Å². The summed E-state index contributed by atoms with van der Waals surface area (Å²) in [6.07, 6.45) is 8.62. The summed E-state index contributed by atoms with van der Waals surface area (Å²) in [6.45, 7) is 10.7. The molecule has 0 aromatic heterocycles. The van der Waals surface area contributed by atoms with Gasteiger partial charge in [0.15, 0.2) is 8.32 Å². The molecule has 0 bridgehead atoms. The zero-order chi connectivity index (χ0) is 22.9. The van der Waals surface area contributed by atoms with Crippen molar-refractivity contribution in [2.24, 2.45) is 0 Å². The lowest BCUT2D eigenvalue weighted by molar-refractivity contribution is 0.0289. The first-order valence-electron chi connectivity index (χ1n) is 10.7. The normalized spacial score (nSPS) is 22.9. The van der Waals surface area contributed by atoms with Gasteiger partial charge < -0.3 is 14.3 Å². The Hall–Kier alpha value is -1.67. The van der Waals surface area contributed by atoms with Crippen LogP contribution in [-0.2, 0) is 19.0 Å². The quantitative estimate of drug-likeness (QED) is 0.450. The van der Waals surface area contributed by atoms with E-state index in [-0.39, 0.29) is 34.0 Å². The first kappa shape index (κ1) is 24.0. The summed E-state index contributed by atoms with van der Waals surface area (Å²) >= 11 is 0. The Morgan fingerprint density at radius 1 is 1.13 bits per heavy atom. The molecule has 1 atom stereocenters. The van der Waals surface area contributed by atoms with Gasteiger partial charge in [-0.15, -0.1) is 0 Å². The van der Waals surface area contributed by atoms with E-state index >= 15 is 0 Å². The lowest BCUT2D eigenvalue weighted by atomic mass is 9.95. The minimum atomic E-state index is -3.83. The van der Waals surface area contributed by atoms with Crippen molar-refractivity contribution >= 4 is 18.2 Å². The average Bonchev–Trinajstić information content (AvgIpc) is 3.21. The third-order valence-corrected chi connectivity index (χ3v) is 12.8. The largest absolute Gasteiger partial charge is 0.489 e. The Bertz CT molecular complexity index is 979. The molecule has 170 valence electrons. The molecule has 1 unspecified atom stereocenters. The Morgan fingerprint density at radius 3 is 2.32 bits per heavy atom. The fourth-order valence-corrected chi connectivity index (χ4v) is 5.98. The minimum Gasteiger partial charge on any atom is -0.489 e. The lowest BCUT2D eigenvalue weighted by Gasteiger charge is -2.39. The van der Waals surface area contributed by atoms with Crippen LogP contribution in [0.1, 0.15) is 40.0 Å². The smallest absolute Gasteiger partial charge is 0.206 e. The van der Waals surface area contributed by atoms with E-state index in [1.165, 1.54) is 0 Å². The van der Waals surface area contributed by atoms with Crippen molar-refractivity contribution in [3.63, 3.8) is 0 Å². The number of hydrogen-bond donors (Lipinski definition) is 1. The van der Waals surface area contributed by atoms with Crippen LogP contribution in [0.25, 0.3) is 0 Å². The van der Waals surface area contributed by atoms with Crippen LogP contribution in [0.2, 0.25) is 18.1 Å². The molecular formula is C24H34O5SSi. The summed E-state index contributed by atoms with van der Waals surface area (Å²) in [5.41, 5.74) is -1.41. The maximum Gasteiger partial charge on any atom is 0.206 e. The summed E-state index contributed by atoms with van der Waals surface area (Å²) < 4.78 is 39.3. The van der Waals surface area contributed by atoms with Gasteiger partial charge in [0.25, 0.3) is 0 Å². The topological polar surface area (TPSA) is 72.8 Å². The second-order valence-electron chi connectivity index (χ2n) is 9.95. The molecule has 3 rings (SSSR count). The molecule has 0 amide bonds. The maximum absolute atomic E-state index is 13.5. The van der Waals surface area contributed by atoms with Crippen LogP contribution in [0, 0.1) is 0 Å². The standard InChI is InChI=1S/C24H34O5SSi/c1-23(2,3)31(4,5)28-18-24(25)16-15-21(29-19-11-9-10-12-19)22(17-24)30(26,27)20-13-7-6-8-14-20/h6-10,13-16,19,25H,11-12,17-18H2,1-5H3. The SMILES string of the molecule is CC(C)(C)[Si](C)(C)OCC1(O)C=CC(OC2CC=CC2)=C(S(=O)(=O)c2ccccc2)C1. The zero-order valence-electron chi connectivity index (χ0n) is 19.1.